The lowest BCUT2D eigenvalue weighted by Crippen LogP contribution is -1.98. The lowest BCUT2D eigenvalue weighted by atomic mass is 10.1. The van der Waals surface area contributed by atoms with Gasteiger partial charge in [0.25, 0.3) is 0 Å². The van der Waals surface area contributed by atoms with Gasteiger partial charge in [-0.05, 0) is 18.2 Å². The first-order valence-corrected chi connectivity index (χ1v) is 5.22. The van der Waals surface area contributed by atoms with Crippen molar-refractivity contribution in [3.63, 3.8) is 0 Å². The van der Waals surface area contributed by atoms with Gasteiger partial charge in [-0.2, -0.15) is 0 Å². The molecule has 0 aliphatic heterocycles. The SMILES string of the molecule is O=C(CCBr)c1ccc(Cl)c(O)c1. The molecule has 0 bridgehead atoms. The number of aromatic hydroxyl groups is 1. The molecule has 0 spiro atoms. The van der Waals surface area contributed by atoms with Gasteiger partial charge in [0.05, 0.1) is 5.02 Å². The molecule has 0 aliphatic carbocycles. The Morgan fingerprint density at radius 2 is 2.23 bits per heavy atom. The van der Waals surface area contributed by atoms with Crippen LogP contribution in [-0.2, 0) is 0 Å². The van der Waals surface area contributed by atoms with Gasteiger partial charge in [0, 0.05) is 17.3 Å². The van der Waals surface area contributed by atoms with E-state index in [1.54, 1.807) is 6.07 Å². The van der Waals surface area contributed by atoms with Gasteiger partial charge in [-0.3, -0.25) is 4.79 Å². The molecule has 2 nitrogen and oxygen atoms in total. The fourth-order valence-electron chi connectivity index (χ4n) is 0.916. The van der Waals surface area contributed by atoms with Crippen LogP contribution in [0, 0.1) is 0 Å². The summed E-state index contributed by atoms with van der Waals surface area (Å²) in [5.74, 6) is -0.0640. The number of alkyl halides is 1. The predicted octanol–water partition coefficient (Wildman–Crippen LogP) is 3.01. The maximum absolute atomic E-state index is 11.3. The number of hydrogen-bond acceptors (Lipinski definition) is 2. The Balaban J connectivity index is 2.90. The number of carbonyl (C=O) groups excluding carboxylic acids is 1. The van der Waals surface area contributed by atoms with Crippen molar-refractivity contribution in [1.82, 2.24) is 0 Å². The smallest absolute Gasteiger partial charge is 0.163 e. The summed E-state index contributed by atoms with van der Waals surface area (Å²) in [5.41, 5.74) is 0.487. The molecule has 70 valence electrons. The lowest BCUT2D eigenvalue weighted by molar-refractivity contribution is 0.0989. The van der Waals surface area contributed by atoms with Crippen molar-refractivity contribution in [2.24, 2.45) is 0 Å². The summed E-state index contributed by atoms with van der Waals surface area (Å²) < 4.78 is 0. The summed E-state index contributed by atoms with van der Waals surface area (Å²) >= 11 is 8.76. The number of phenols is 1. The molecule has 0 fully saturated rings. The van der Waals surface area contributed by atoms with Crippen LogP contribution in [0.5, 0.6) is 5.75 Å². The van der Waals surface area contributed by atoms with Gasteiger partial charge < -0.3 is 5.11 Å². The molecule has 1 rings (SSSR count). The second kappa shape index (κ2) is 4.63. The topological polar surface area (TPSA) is 37.3 Å². The molecule has 0 atom stereocenters. The van der Waals surface area contributed by atoms with Crippen molar-refractivity contribution in [1.29, 1.82) is 0 Å². The molecular weight excluding hydrogens is 255 g/mol. The monoisotopic (exact) mass is 262 g/mol. The largest absolute Gasteiger partial charge is 0.506 e. The second-order valence-corrected chi connectivity index (χ2v) is 3.73. The molecule has 0 unspecified atom stereocenters. The van der Waals surface area contributed by atoms with Crippen LogP contribution in [0.15, 0.2) is 18.2 Å². The Labute approximate surface area is 89.7 Å². The Bertz CT molecular complexity index is 325. The maximum atomic E-state index is 11.3. The minimum atomic E-state index is -0.0536. The van der Waals surface area contributed by atoms with Crippen molar-refractivity contribution in [3.05, 3.63) is 28.8 Å². The molecule has 4 heteroatoms. The van der Waals surface area contributed by atoms with Crippen LogP contribution in [0.3, 0.4) is 0 Å². The average molecular weight is 264 g/mol. The Kier molecular flexibility index (Phi) is 3.75. The normalized spacial score (nSPS) is 10.0. The van der Waals surface area contributed by atoms with Gasteiger partial charge in [-0.1, -0.05) is 27.5 Å². The maximum Gasteiger partial charge on any atom is 0.163 e. The van der Waals surface area contributed by atoms with E-state index in [4.69, 9.17) is 11.6 Å². The van der Waals surface area contributed by atoms with Crippen LogP contribution in [-0.4, -0.2) is 16.2 Å². The molecule has 0 radical (unpaired) electrons. The number of hydrogen-bond donors (Lipinski definition) is 1. The Morgan fingerprint density at radius 1 is 1.54 bits per heavy atom. The zero-order valence-electron chi connectivity index (χ0n) is 6.76. The lowest BCUT2D eigenvalue weighted by Gasteiger charge is -2.00. The molecule has 0 aliphatic rings. The third-order valence-electron chi connectivity index (χ3n) is 1.59. The molecule has 1 N–H and O–H groups in total. The van der Waals surface area contributed by atoms with Crippen molar-refractivity contribution in [2.75, 3.05) is 5.33 Å². The van der Waals surface area contributed by atoms with E-state index in [9.17, 15) is 9.90 Å². The van der Waals surface area contributed by atoms with Gasteiger partial charge in [0.1, 0.15) is 5.75 Å². The van der Waals surface area contributed by atoms with E-state index in [0.717, 1.165) is 0 Å². The Morgan fingerprint density at radius 3 is 2.77 bits per heavy atom. The third-order valence-corrected chi connectivity index (χ3v) is 2.31. The highest BCUT2D eigenvalue weighted by Crippen LogP contribution is 2.24. The van der Waals surface area contributed by atoms with Gasteiger partial charge in [0.15, 0.2) is 5.78 Å². The van der Waals surface area contributed by atoms with Crippen LogP contribution in [0.25, 0.3) is 0 Å². The summed E-state index contributed by atoms with van der Waals surface area (Å²) in [6.45, 7) is 0. The quantitative estimate of drug-likeness (QED) is 0.672. The van der Waals surface area contributed by atoms with E-state index < -0.39 is 0 Å². The Hall–Kier alpha value is -0.540. The number of ketones is 1. The number of halogens is 2. The van der Waals surface area contributed by atoms with E-state index in [0.29, 0.717) is 17.3 Å². The van der Waals surface area contributed by atoms with Crippen LogP contribution < -0.4 is 0 Å². The fraction of sp³-hybridized carbons (Fsp3) is 0.222. The predicted molar refractivity (Wildman–Crippen MR) is 55.9 cm³/mol. The number of phenolic OH excluding ortho intramolecular Hbond substituents is 1. The minimum absolute atomic E-state index is 0.0103. The molecule has 13 heavy (non-hydrogen) atoms. The molecular formula is C9H8BrClO2. The summed E-state index contributed by atoms with van der Waals surface area (Å²) in [6.07, 6.45) is 0.418. The zero-order chi connectivity index (χ0) is 9.84. The molecule has 0 aromatic heterocycles. The van der Waals surface area contributed by atoms with E-state index in [-0.39, 0.29) is 16.6 Å². The first-order chi connectivity index (χ1) is 6.15. The van der Waals surface area contributed by atoms with Gasteiger partial charge in [-0.25, -0.2) is 0 Å². The minimum Gasteiger partial charge on any atom is -0.506 e. The standard InChI is InChI=1S/C9H8BrClO2/c10-4-3-8(12)6-1-2-7(11)9(13)5-6/h1-2,5,13H,3-4H2. The van der Waals surface area contributed by atoms with Crippen LogP contribution in [0.2, 0.25) is 5.02 Å². The number of Topliss-reactive ketones (excluding diaryl/α,β-unsaturated/α-hetero) is 1. The zero-order valence-corrected chi connectivity index (χ0v) is 9.10. The van der Waals surface area contributed by atoms with Crippen molar-refractivity contribution < 1.29 is 9.90 Å². The third kappa shape index (κ3) is 2.71. The van der Waals surface area contributed by atoms with E-state index in [2.05, 4.69) is 15.9 Å². The molecule has 1 aromatic rings. The van der Waals surface area contributed by atoms with E-state index >= 15 is 0 Å². The van der Waals surface area contributed by atoms with Crippen molar-refractivity contribution >= 4 is 33.3 Å². The molecule has 1 aromatic carbocycles. The van der Waals surface area contributed by atoms with Crippen LogP contribution in [0.1, 0.15) is 16.8 Å². The van der Waals surface area contributed by atoms with Crippen LogP contribution >= 0.6 is 27.5 Å². The second-order valence-electron chi connectivity index (χ2n) is 2.53. The average Bonchev–Trinajstić information content (AvgIpc) is 2.10. The van der Waals surface area contributed by atoms with E-state index in [1.165, 1.54) is 12.1 Å². The van der Waals surface area contributed by atoms with Crippen molar-refractivity contribution in [2.45, 2.75) is 6.42 Å². The first-order valence-electron chi connectivity index (χ1n) is 3.73. The molecule has 0 heterocycles. The molecule has 0 saturated heterocycles. The highest BCUT2D eigenvalue weighted by molar-refractivity contribution is 9.09. The number of carbonyl (C=O) groups is 1. The number of rotatable bonds is 3. The highest BCUT2D eigenvalue weighted by Gasteiger charge is 2.07. The fourth-order valence-corrected chi connectivity index (χ4v) is 1.39. The summed E-state index contributed by atoms with van der Waals surface area (Å²) in [5, 5.41) is 10.1. The van der Waals surface area contributed by atoms with Gasteiger partial charge in [-0.15, -0.1) is 0 Å². The first kappa shape index (κ1) is 10.5. The molecule has 0 amide bonds. The van der Waals surface area contributed by atoms with Gasteiger partial charge in [0.2, 0.25) is 0 Å². The van der Waals surface area contributed by atoms with Crippen LogP contribution in [0.4, 0.5) is 0 Å². The summed E-state index contributed by atoms with van der Waals surface area (Å²) in [7, 11) is 0. The summed E-state index contributed by atoms with van der Waals surface area (Å²) in [4.78, 5) is 11.3. The molecule has 0 saturated carbocycles. The highest BCUT2D eigenvalue weighted by atomic mass is 79.9. The van der Waals surface area contributed by atoms with E-state index in [1.807, 2.05) is 0 Å². The number of benzene rings is 1. The summed E-state index contributed by atoms with van der Waals surface area (Å²) in [6, 6.07) is 4.50. The van der Waals surface area contributed by atoms with Gasteiger partial charge >= 0.3 is 0 Å². The van der Waals surface area contributed by atoms with Crippen molar-refractivity contribution in [3.8, 4) is 5.75 Å².